The monoisotopic (exact) mass is 300 g/mol. The topological polar surface area (TPSA) is 0 Å². The van der Waals surface area contributed by atoms with Crippen LogP contribution in [0, 0.1) is 19.8 Å². The largest absolute Gasteiger partial charge is 0.117 e. The highest BCUT2D eigenvalue weighted by Gasteiger charge is 2.28. The van der Waals surface area contributed by atoms with Gasteiger partial charge in [0.05, 0.1) is 5.38 Å². The van der Waals surface area contributed by atoms with Crippen molar-refractivity contribution in [1.29, 1.82) is 0 Å². The molecule has 2 rings (SSSR count). The van der Waals surface area contributed by atoms with Crippen LogP contribution in [0.25, 0.3) is 0 Å². The third-order valence-corrected chi connectivity index (χ3v) is 4.99. The lowest BCUT2D eigenvalue weighted by Crippen LogP contribution is -2.15. The Bertz CT molecular complexity index is 574. The van der Waals surface area contributed by atoms with E-state index in [1.807, 2.05) is 0 Å². The predicted molar refractivity (Wildman–Crippen MR) is 93.1 cm³/mol. The molecule has 112 valence electrons. The summed E-state index contributed by atoms with van der Waals surface area (Å²) < 4.78 is 0. The second-order valence-electron chi connectivity index (χ2n) is 6.08. The first-order valence-corrected chi connectivity index (χ1v) is 8.24. The number of rotatable bonds is 5. The molecule has 3 atom stereocenters. The zero-order chi connectivity index (χ0) is 15.4. The Kier molecular flexibility index (Phi) is 5.47. The van der Waals surface area contributed by atoms with Crippen molar-refractivity contribution < 1.29 is 0 Å². The van der Waals surface area contributed by atoms with Crippen LogP contribution in [0.5, 0.6) is 0 Å². The number of hydrogen-bond acceptors (Lipinski definition) is 0. The first-order valence-electron chi connectivity index (χ1n) is 7.80. The summed E-state index contributed by atoms with van der Waals surface area (Å²) in [5.74, 6) is 0.898. The molecule has 0 radical (unpaired) electrons. The highest BCUT2D eigenvalue weighted by molar-refractivity contribution is 6.21. The Morgan fingerprint density at radius 3 is 2.24 bits per heavy atom. The minimum Gasteiger partial charge on any atom is -0.117 e. The molecule has 2 aromatic rings. The second kappa shape index (κ2) is 7.13. The number of halogens is 1. The van der Waals surface area contributed by atoms with Gasteiger partial charge in [0.1, 0.15) is 0 Å². The van der Waals surface area contributed by atoms with Gasteiger partial charge in [-0.25, -0.2) is 0 Å². The van der Waals surface area contributed by atoms with Crippen molar-refractivity contribution in [2.45, 2.75) is 45.4 Å². The molecule has 21 heavy (non-hydrogen) atoms. The molecular weight excluding hydrogens is 276 g/mol. The normalized spacial score (nSPS) is 15.5. The molecule has 0 aliphatic heterocycles. The molecular formula is C20H25Cl. The molecule has 3 unspecified atom stereocenters. The van der Waals surface area contributed by atoms with E-state index < -0.39 is 0 Å². The summed E-state index contributed by atoms with van der Waals surface area (Å²) in [5.41, 5.74) is 5.18. The summed E-state index contributed by atoms with van der Waals surface area (Å²) in [6.45, 7) is 8.84. The lowest BCUT2D eigenvalue weighted by atomic mass is 9.80. The highest BCUT2D eigenvalue weighted by Crippen LogP contribution is 2.43. The van der Waals surface area contributed by atoms with E-state index in [9.17, 15) is 0 Å². The van der Waals surface area contributed by atoms with Crippen LogP contribution < -0.4 is 0 Å². The molecule has 1 heteroatoms. The van der Waals surface area contributed by atoms with E-state index in [0.717, 1.165) is 6.42 Å². The lowest BCUT2D eigenvalue weighted by molar-refractivity contribution is 0.433. The molecule has 0 fully saturated rings. The van der Waals surface area contributed by atoms with Gasteiger partial charge >= 0.3 is 0 Å². The molecule has 0 saturated heterocycles. The van der Waals surface area contributed by atoms with E-state index in [-0.39, 0.29) is 5.38 Å². The van der Waals surface area contributed by atoms with Crippen LogP contribution in [-0.2, 0) is 0 Å². The van der Waals surface area contributed by atoms with Crippen molar-refractivity contribution in [2.24, 2.45) is 5.92 Å². The number of aryl methyl sites for hydroxylation is 2. The number of hydrogen-bond donors (Lipinski definition) is 0. The Balaban J connectivity index is 2.41. The van der Waals surface area contributed by atoms with Crippen LogP contribution in [0.1, 0.15) is 53.8 Å². The quantitative estimate of drug-likeness (QED) is 0.559. The van der Waals surface area contributed by atoms with E-state index in [2.05, 4.69) is 76.2 Å². The molecule has 0 aliphatic carbocycles. The highest BCUT2D eigenvalue weighted by atomic mass is 35.5. The Labute approximate surface area is 134 Å². The third-order valence-electron chi connectivity index (χ3n) is 4.48. The fourth-order valence-electron chi connectivity index (χ4n) is 3.04. The fourth-order valence-corrected chi connectivity index (χ4v) is 3.68. The summed E-state index contributed by atoms with van der Waals surface area (Å²) in [7, 11) is 0. The summed E-state index contributed by atoms with van der Waals surface area (Å²) in [5, 5.41) is 0.0166. The van der Waals surface area contributed by atoms with Crippen molar-refractivity contribution in [1.82, 2.24) is 0 Å². The van der Waals surface area contributed by atoms with Crippen molar-refractivity contribution in [3.05, 3.63) is 70.8 Å². The standard InChI is InChI=1S/C20H25Cl/c1-5-15(3)19(17-9-7-6-8-10-17)20(21)18-12-11-14(2)13-16(18)4/h6-13,15,19-20H,5H2,1-4H3. The molecule has 0 bridgehead atoms. The molecule has 0 aliphatic rings. The van der Waals surface area contributed by atoms with E-state index in [0.29, 0.717) is 11.8 Å². The van der Waals surface area contributed by atoms with E-state index >= 15 is 0 Å². The Morgan fingerprint density at radius 1 is 1.00 bits per heavy atom. The smallest absolute Gasteiger partial charge is 0.0658 e. The first kappa shape index (κ1) is 16.1. The Hall–Kier alpha value is -1.27. The first-order chi connectivity index (χ1) is 10.0. The van der Waals surface area contributed by atoms with Crippen molar-refractivity contribution in [3.8, 4) is 0 Å². The minimum atomic E-state index is 0.0166. The minimum absolute atomic E-state index is 0.0166. The molecule has 2 aromatic carbocycles. The van der Waals surface area contributed by atoms with Crippen LogP contribution in [0.3, 0.4) is 0 Å². The van der Waals surface area contributed by atoms with E-state index in [1.165, 1.54) is 22.3 Å². The van der Waals surface area contributed by atoms with Gasteiger partial charge in [0.15, 0.2) is 0 Å². The summed E-state index contributed by atoms with van der Waals surface area (Å²) >= 11 is 6.94. The van der Waals surface area contributed by atoms with Gasteiger partial charge in [-0.1, -0.05) is 74.4 Å². The summed E-state index contributed by atoms with van der Waals surface area (Å²) in [4.78, 5) is 0. The zero-order valence-electron chi connectivity index (χ0n) is 13.4. The van der Waals surface area contributed by atoms with Crippen LogP contribution in [-0.4, -0.2) is 0 Å². The van der Waals surface area contributed by atoms with Gasteiger partial charge in [-0.2, -0.15) is 0 Å². The molecule has 0 N–H and O–H groups in total. The fraction of sp³-hybridized carbons (Fsp3) is 0.400. The number of alkyl halides is 1. The van der Waals surface area contributed by atoms with Crippen molar-refractivity contribution in [3.63, 3.8) is 0 Å². The summed E-state index contributed by atoms with van der Waals surface area (Å²) in [6.07, 6.45) is 1.13. The Morgan fingerprint density at radius 2 is 1.67 bits per heavy atom. The van der Waals surface area contributed by atoms with Crippen LogP contribution in [0.2, 0.25) is 0 Å². The van der Waals surface area contributed by atoms with Crippen molar-refractivity contribution in [2.75, 3.05) is 0 Å². The molecule has 0 heterocycles. The molecule has 0 nitrogen and oxygen atoms in total. The van der Waals surface area contributed by atoms with Gasteiger partial charge in [0, 0.05) is 5.92 Å². The maximum absolute atomic E-state index is 6.94. The SMILES string of the molecule is CCC(C)C(c1ccccc1)C(Cl)c1ccc(C)cc1C. The third kappa shape index (κ3) is 3.68. The van der Waals surface area contributed by atoms with Gasteiger partial charge in [-0.15, -0.1) is 11.6 Å². The maximum Gasteiger partial charge on any atom is 0.0658 e. The van der Waals surface area contributed by atoms with E-state index in [4.69, 9.17) is 11.6 Å². The van der Waals surface area contributed by atoms with Crippen LogP contribution >= 0.6 is 11.6 Å². The molecule has 0 spiro atoms. The van der Waals surface area contributed by atoms with Gasteiger partial charge in [0.25, 0.3) is 0 Å². The van der Waals surface area contributed by atoms with Crippen LogP contribution in [0.15, 0.2) is 48.5 Å². The lowest BCUT2D eigenvalue weighted by Gasteiger charge is -2.29. The van der Waals surface area contributed by atoms with Gasteiger partial charge in [-0.05, 0) is 36.5 Å². The predicted octanol–water partition coefficient (Wildman–Crippen LogP) is 6.41. The zero-order valence-corrected chi connectivity index (χ0v) is 14.2. The molecule has 0 saturated carbocycles. The van der Waals surface area contributed by atoms with Gasteiger partial charge in [0.2, 0.25) is 0 Å². The maximum atomic E-state index is 6.94. The molecule has 0 aromatic heterocycles. The van der Waals surface area contributed by atoms with E-state index in [1.54, 1.807) is 0 Å². The summed E-state index contributed by atoms with van der Waals surface area (Å²) in [6, 6.07) is 17.3. The number of benzene rings is 2. The van der Waals surface area contributed by atoms with Crippen molar-refractivity contribution >= 4 is 11.6 Å². The van der Waals surface area contributed by atoms with Gasteiger partial charge < -0.3 is 0 Å². The molecule has 0 amide bonds. The van der Waals surface area contributed by atoms with Crippen LogP contribution in [0.4, 0.5) is 0 Å². The average molecular weight is 301 g/mol. The second-order valence-corrected chi connectivity index (χ2v) is 6.55. The average Bonchev–Trinajstić information content (AvgIpc) is 2.48. The van der Waals surface area contributed by atoms with Gasteiger partial charge in [-0.3, -0.25) is 0 Å².